The summed E-state index contributed by atoms with van der Waals surface area (Å²) in [4.78, 5) is 12.0. The van der Waals surface area contributed by atoms with Gasteiger partial charge in [-0.05, 0) is 49.4 Å². The summed E-state index contributed by atoms with van der Waals surface area (Å²) < 4.78 is 33.8. The number of hydrogen-bond acceptors (Lipinski definition) is 3. The molecule has 0 radical (unpaired) electrons. The highest BCUT2D eigenvalue weighted by Gasteiger charge is 2.15. The van der Waals surface area contributed by atoms with Crippen molar-refractivity contribution in [2.75, 3.05) is 5.32 Å². The van der Waals surface area contributed by atoms with E-state index < -0.39 is 12.7 Å². The standard InChI is InChI=1S/C16H14ClF2NO3/c1-10(22-14-4-2-3-11(17)9-14)15(21)20-12-5-7-13(8-6-12)23-16(18)19/h2-10,16H,1H3,(H,20,21)/t10-/m1/s1. The van der Waals surface area contributed by atoms with E-state index in [0.29, 0.717) is 16.5 Å². The molecule has 0 spiro atoms. The number of ether oxygens (including phenoxy) is 2. The molecule has 2 aromatic carbocycles. The van der Waals surface area contributed by atoms with Crippen molar-refractivity contribution < 1.29 is 23.0 Å². The summed E-state index contributed by atoms with van der Waals surface area (Å²) in [6, 6.07) is 12.3. The van der Waals surface area contributed by atoms with Crippen LogP contribution in [-0.2, 0) is 4.79 Å². The normalized spacial score (nSPS) is 11.9. The van der Waals surface area contributed by atoms with Crippen LogP contribution < -0.4 is 14.8 Å². The number of amides is 1. The Morgan fingerprint density at radius 2 is 1.78 bits per heavy atom. The second-order valence-electron chi connectivity index (χ2n) is 4.61. The lowest BCUT2D eigenvalue weighted by Gasteiger charge is -2.15. The molecule has 2 rings (SSSR count). The van der Waals surface area contributed by atoms with Gasteiger partial charge in [0.15, 0.2) is 6.10 Å². The minimum absolute atomic E-state index is 0.0150. The Hall–Kier alpha value is -2.34. The number of anilines is 1. The first-order valence-corrected chi connectivity index (χ1v) is 7.10. The summed E-state index contributed by atoms with van der Waals surface area (Å²) in [5.41, 5.74) is 0.443. The van der Waals surface area contributed by atoms with E-state index in [1.54, 1.807) is 31.2 Å². The summed E-state index contributed by atoms with van der Waals surface area (Å²) in [7, 11) is 0. The lowest BCUT2D eigenvalue weighted by atomic mass is 10.2. The van der Waals surface area contributed by atoms with Crippen LogP contribution in [0, 0.1) is 0 Å². The van der Waals surface area contributed by atoms with E-state index in [9.17, 15) is 13.6 Å². The van der Waals surface area contributed by atoms with E-state index in [1.807, 2.05) is 0 Å². The van der Waals surface area contributed by atoms with E-state index in [-0.39, 0.29) is 11.7 Å². The Labute approximate surface area is 137 Å². The highest BCUT2D eigenvalue weighted by atomic mass is 35.5. The fraction of sp³-hybridized carbons (Fsp3) is 0.188. The fourth-order valence-electron chi connectivity index (χ4n) is 1.76. The maximum absolute atomic E-state index is 12.1. The average molecular weight is 342 g/mol. The topological polar surface area (TPSA) is 47.6 Å². The first kappa shape index (κ1) is 17.0. The first-order chi connectivity index (χ1) is 10.9. The molecule has 0 aliphatic carbocycles. The first-order valence-electron chi connectivity index (χ1n) is 6.72. The van der Waals surface area contributed by atoms with Gasteiger partial charge in [0.2, 0.25) is 0 Å². The molecule has 2 aromatic rings. The molecule has 0 saturated heterocycles. The van der Waals surface area contributed by atoms with Crippen LogP contribution in [0.4, 0.5) is 14.5 Å². The third-order valence-electron chi connectivity index (χ3n) is 2.83. The lowest BCUT2D eigenvalue weighted by Crippen LogP contribution is -2.30. The Bertz CT molecular complexity index is 665. The second kappa shape index (κ2) is 7.78. The molecular weight excluding hydrogens is 328 g/mol. The molecule has 4 nitrogen and oxygen atoms in total. The third-order valence-corrected chi connectivity index (χ3v) is 3.06. The van der Waals surface area contributed by atoms with Gasteiger partial charge in [-0.15, -0.1) is 0 Å². The maximum atomic E-state index is 12.1. The molecular formula is C16H14ClF2NO3. The number of nitrogens with one attached hydrogen (secondary N) is 1. The summed E-state index contributed by atoms with van der Waals surface area (Å²) in [5.74, 6) is 0.106. The number of carbonyl (C=O) groups excluding carboxylic acids is 1. The molecule has 1 atom stereocenters. The van der Waals surface area contributed by atoms with Crippen LogP contribution in [0.5, 0.6) is 11.5 Å². The van der Waals surface area contributed by atoms with Gasteiger partial charge in [-0.2, -0.15) is 8.78 Å². The van der Waals surface area contributed by atoms with Gasteiger partial charge in [0.05, 0.1) is 0 Å². The van der Waals surface area contributed by atoms with Crippen molar-refractivity contribution in [3.8, 4) is 11.5 Å². The molecule has 0 aliphatic rings. The molecule has 1 amide bonds. The van der Waals surface area contributed by atoms with Gasteiger partial charge in [0.25, 0.3) is 5.91 Å². The van der Waals surface area contributed by atoms with Crippen molar-refractivity contribution in [2.24, 2.45) is 0 Å². The predicted molar refractivity (Wildman–Crippen MR) is 83.2 cm³/mol. The van der Waals surface area contributed by atoms with Crippen LogP contribution in [0.1, 0.15) is 6.92 Å². The zero-order chi connectivity index (χ0) is 16.8. The molecule has 23 heavy (non-hydrogen) atoms. The smallest absolute Gasteiger partial charge is 0.387 e. The van der Waals surface area contributed by atoms with Crippen LogP contribution in [-0.4, -0.2) is 18.6 Å². The van der Waals surface area contributed by atoms with Crippen LogP contribution in [0.2, 0.25) is 5.02 Å². The molecule has 0 aliphatic heterocycles. The Balaban J connectivity index is 1.92. The number of hydrogen-bond donors (Lipinski definition) is 1. The molecule has 1 N–H and O–H groups in total. The minimum Gasteiger partial charge on any atom is -0.481 e. The fourth-order valence-corrected chi connectivity index (χ4v) is 1.94. The number of alkyl halides is 2. The Morgan fingerprint density at radius 1 is 1.09 bits per heavy atom. The number of halogens is 3. The summed E-state index contributed by atoms with van der Waals surface area (Å²) >= 11 is 5.84. The summed E-state index contributed by atoms with van der Waals surface area (Å²) in [5, 5.41) is 3.12. The number of carbonyl (C=O) groups is 1. The molecule has 0 fully saturated rings. The SMILES string of the molecule is C[C@@H](Oc1cccc(Cl)c1)C(=O)Nc1ccc(OC(F)F)cc1. The number of benzene rings is 2. The van der Waals surface area contributed by atoms with Crippen LogP contribution in [0.15, 0.2) is 48.5 Å². The van der Waals surface area contributed by atoms with E-state index in [0.717, 1.165) is 0 Å². The van der Waals surface area contributed by atoms with Crippen molar-refractivity contribution in [2.45, 2.75) is 19.6 Å². The van der Waals surface area contributed by atoms with Gasteiger partial charge < -0.3 is 14.8 Å². The molecule has 7 heteroatoms. The predicted octanol–water partition coefficient (Wildman–Crippen LogP) is 4.35. The second-order valence-corrected chi connectivity index (χ2v) is 5.05. The maximum Gasteiger partial charge on any atom is 0.387 e. The quantitative estimate of drug-likeness (QED) is 0.849. The zero-order valence-electron chi connectivity index (χ0n) is 12.1. The Morgan fingerprint density at radius 3 is 2.39 bits per heavy atom. The van der Waals surface area contributed by atoms with Crippen molar-refractivity contribution in [3.63, 3.8) is 0 Å². The van der Waals surface area contributed by atoms with Crippen molar-refractivity contribution in [3.05, 3.63) is 53.6 Å². The molecule has 0 aromatic heterocycles. The largest absolute Gasteiger partial charge is 0.481 e. The van der Waals surface area contributed by atoms with E-state index in [1.165, 1.54) is 24.3 Å². The lowest BCUT2D eigenvalue weighted by molar-refractivity contribution is -0.122. The van der Waals surface area contributed by atoms with Gasteiger partial charge in [0, 0.05) is 10.7 Å². The van der Waals surface area contributed by atoms with Crippen molar-refractivity contribution in [1.82, 2.24) is 0 Å². The highest BCUT2D eigenvalue weighted by molar-refractivity contribution is 6.30. The van der Waals surface area contributed by atoms with E-state index in [2.05, 4.69) is 10.1 Å². The molecule has 122 valence electrons. The molecule has 0 heterocycles. The molecule has 0 saturated carbocycles. The Kier molecular flexibility index (Phi) is 5.76. The van der Waals surface area contributed by atoms with Gasteiger partial charge in [-0.25, -0.2) is 0 Å². The molecule has 0 unspecified atom stereocenters. The minimum atomic E-state index is -2.89. The third kappa shape index (κ3) is 5.41. The van der Waals surface area contributed by atoms with Gasteiger partial charge in [0.1, 0.15) is 11.5 Å². The highest BCUT2D eigenvalue weighted by Crippen LogP contribution is 2.20. The van der Waals surface area contributed by atoms with Crippen LogP contribution in [0.25, 0.3) is 0 Å². The van der Waals surface area contributed by atoms with E-state index in [4.69, 9.17) is 16.3 Å². The monoisotopic (exact) mass is 341 g/mol. The summed E-state index contributed by atoms with van der Waals surface area (Å²) in [6.45, 7) is -1.30. The van der Waals surface area contributed by atoms with E-state index >= 15 is 0 Å². The van der Waals surface area contributed by atoms with Gasteiger partial charge in [-0.3, -0.25) is 4.79 Å². The van der Waals surface area contributed by atoms with Crippen LogP contribution in [0.3, 0.4) is 0 Å². The van der Waals surface area contributed by atoms with Crippen molar-refractivity contribution >= 4 is 23.2 Å². The van der Waals surface area contributed by atoms with Crippen LogP contribution >= 0.6 is 11.6 Å². The van der Waals surface area contributed by atoms with Gasteiger partial charge in [-0.1, -0.05) is 17.7 Å². The average Bonchev–Trinajstić information content (AvgIpc) is 2.48. The molecule has 0 bridgehead atoms. The zero-order valence-corrected chi connectivity index (χ0v) is 12.9. The van der Waals surface area contributed by atoms with Crippen molar-refractivity contribution in [1.29, 1.82) is 0 Å². The number of rotatable bonds is 6. The van der Waals surface area contributed by atoms with Gasteiger partial charge >= 0.3 is 6.61 Å². The summed E-state index contributed by atoms with van der Waals surface area (Å²) in [6.07, 6.45) is -0.759.